The Labute approximate surface area is 124 Å². The number of aromatic nitrogens is 1. The number of nitrogens with zero attached hydrogens (tertiary/aromatic N) is 1. The summed E-state index contributed by atoms with van der Waals surface area (Å²) in [5, 5.41) is 9.87. The summed E-state index contributed by atoms with van der Waals surface area (Å²) in [7, 11) is 0. The second-order valence-electron chi connectivity index (χ2n) is 4.88. The van der Waals surface area contributed by atoms with E-state index in [1.54, 1.807) is 0 Å². The lowest BCUT2D eigenvalue weighted by molar-refractivity contribution is -0.141. The Kier molecular flexibility index (Phi) is 5.20. The lowest BCUT2D eigenvalue weighted by Gasteiger charge is -2.24. The average molecular weight is 326 g/mol. The first-order valence-electron chi connectivity index (χ1n) is 6.37. The van der Waals surface area contributed by atoms with Gasteiger partial charge in [0.05, 0.1) is 6.10 Å². The van der Waals surface area contributed by atoms with E-state index in [0.29, 0.717) is 12.3 Å². The van der Waals surface area contributed by atoms with E-state index >= 15 is 0 Å². The van der Waals surface area contributed by atoms with Crippen molar-refractivity contribution in [1.82, 2.24) is 4.98 Å². The van der Waals surface area contributed by atoms with Gasteiger partial charge in [0.15, 0.2) is 0 Å². The number of hydrogen-bond donors (Lipinski definition) is 1. The summed E-state index contributed by atoms with van der Waals surface area (Å²) in [5.74, 6) is 2.52. The van der Waals surface area contributed by atoms with Crippen LogP contribution in [0.2, 0.25) is 5.15 Å². The molecule has 1 atom stereocenters. The lowest BCUT2D eigenvalue weighted by atomic mass is 9.93. The highest BCUT2D eigenvalue weighted by Crippen LogP contribution is 2.35. The van der Waals surface area contributed by atoms with Gasteiger partial charge >= 0.3 is 6.18 Å². The zero-order chi connectivity index (χ0) is 14.8. The predicted molar refractivity (Wildman–Crippen MR) is 73.9 cm³/mol. The van der Waals surface area contributed by atoms with Crippen LogP contribution in [0.25, 0.3) is 0 Å². The van der Waals surface area contributed by atoms with Gasteiger partial charge in [0.2, 0.25) is 0 Å². The van der Waals surface area contributed by atoms with Crippen molar-refractivity contribution in [3.05, 3.63) is 28.5 Å². The van der Waals surface area contributed by atoms with E-state index in [0.717, 1.165) is 30.4 Å². The number of aliphatic hydroxyl groups excluding tert-OH is 1. The molecule has 0 amide bonds. The first-order valence-corrected chi connectivity index (χ1v) is 7.90. The number of aliphatic hydroxyl groups is 1. The first kappa shape index (κ1) is 15.9. The highest BCUT2D eigenvalue weighted by Gasteiger charge is 2.33. The summed E-state index contributed by atoms with van der Waals surface area (Å²) in [6.07, 6.45) is -2.81. The minimum absolute atomic E-state index is 0.266. The molecule has 1 N–H and O–H groups in total. The van der Waals surface area contributed by atoms with E-state index in [1.165, 1.54) is 6.07 Å². The zero-order valence-corrected chi connectivity index (χ0v) is 12.2. The van der Waals surface area contributed by atoms with Crippen LogP contribution in [0.3, 0.4) is 0 Å². The normalized spacial score (nSPS) is 19.1. The lowest BCUT2D eigenvalue weighted by Crippen LogP contribution is -2.15. The van der Waals surface area contributed by atoms with Crippen molar-refractivity contribution >= 4 is 23.4 Å². The van der Waals surface area contributed by atoms with Gasteiger partial charge in [-0.2, -0.15) is 24.9 Å². The minimum atomic E-state index is -4.52. The average Bonchev–Trinajstić information content (AvgIpc) is 2.38. The SMILES string of the molecule is OC(CC1CCSCC1)c1ccc(C(F)(F)F)nc1Cl. The van der Waals surface area contributed by atoms with Crippen molar-refractivity contribution in [1.29, 1.82) is 0 Å². The third-order valence-electron chi connectivity index (χ3n) is 3.42. The van der Waals surface area contributed by atoms with Gasteiger partial charge in [-0.1, -0.05) is 17.7 Å². The number of hydrogen-bond acceptors (Lipinski definition) is 3. The fourth-order valence-electron chi connectivity index (χ4n) is 2.28. The number of alkyl halides is 3. The van der Waals surface area contributed by atoms with Gasteiger partial charge in [0.1, 0.15) is 10.8 Å². The van der Waals surface area contributed by atoms with Gasteiger partial charge in [-0.15, -0.1) is 0 Å². The van der Waals surface area contributed by atoms with Crippen LogP contribution < -0.4 is 0 Å². The van der Waals surface area contributed by atoms with E-state index in [1.807, 2.05) is 11.8 Å². The number of thioether (sulfide) groups is 1. The maximum absolute atomic E-state index is 12.5. The van der Waals surface area contributed by atoms with E-state index in [4.69, 9.17) is 11.6 Å². The molecule has 1 unspecified atom stereocenters. The zero-order valence-electron chi connectivity index (χ0n) is 10.7. The Morgan fingerprint density at radius 1 is 1.35 bits per heavy atom. The molecule has 1 aliphatic rings. The molecule has 2 nitrogen and oxygen atoms in total. The molecule has 1 aromatic heterocycles. The Morgan fingerprint density at radius 2 is 2.00 bits per heavy atom. The molecule has 20 heavy (non-hydrogen) atoms. The third kappa shape index (κ3) is 4.02. The largest absolute Gasteiger partial charge is 0.433 e. The molecule has 1 saturated heterocycles. The quantitative estimate of drug-likeness (QED) is 0.840. The molecule has 2 rings (SSSR count). The monoisotopic (exact) mass is 325 g/mol. The molecule has 1 aromatic rings. The van der Waals surface area contributed by atoms with Gasteiger partial charge in [-0.05, 0) is 42.8 Å². The Hall–Kier alpha value is -0.460. The van der Waals surface area contributed by atoms with Crippen molar-refractivity contribution in [3.63, 3.8) is 0 Å². The second kappa shape index (κ2) is 6.54. The highest BCUT2D eigenvalue weighted by atomic mass is 35.5. The van der Waals surface area contributed by atoms with Gasteiger partial charge in [0, 0.05) is 5.56 Å². The van der Waals surface area contributed by atoms with Gasteiger partial charge in [0.25, 0.3) is 0 Å². The first-order chi connectivity index (χ1) is 9.38. The maximum Gasteiger partial charge on any atom is 0.433 e. The third-order valence-corrected chi connectivity index (χ3v) is 4.78. The Balaban J connectivity index is 2.07. The molecule has 7 heteroatoms. The van der Waals surface area contributed by atoms with Crippen molar-refractivity contribution < 1.29 is 18.3 Å². The highest BCUT2D eigenvalue weighted by molar-refractivity contribution is 7.99. The summed E-state index contributed by atoms with van der Waals surface area (Å²) in [4.78, 5) is 3.33. The van der Waals surface area contributed by atoms with Gasteiger partial charge in [-0.25, -0.2) is 4.98 Å². The summed E-state index contributed by atoms with van der Waals surface area (Å²) < 4.78 is 37.5. The molecule has 0 aliphatic carbocycles. The van der Waals surface area contributed by atoms with Crippen LogP contribution in [0.5, 0.6) is 0 Å². The molecule has 112 valence electrons. The van der Waals surface area contributed by atoms with Crippen LogP contribution in [0, 0.1) is 5.92 Å². The van der Waals surface area contributed by atoms with Crippen LogP contribution in [0.15, 0.2) is 12.1 Å². The molecule has 0 bridgehead atoms. The smallest absolute Gasteiger partial charge is 0.388 e. The van der Waals surface area contributed by atoms with Gasteiger partial charge < -0.3 is 5.11 Å². The number of halogens is 4. The minimum Gasteiger partial charge on any atom is -0.388 e. The Bertz CT molecular complexity index is 463. The summed E-state index contributed by atoms with van der Waals surface area (Å²) in [6.45, 7) is 0. The molecule has 0 radical (unpaired) electrons. The van der Waals surface area contributed by atoms with E-state index in [2.05, 4.69) is 4.98 Å². The van der Waals surface area contributed by atoms with Crippen molar-refractivity contribution in [2.75, 3.05) is 11.5 Å². The van der Waals surface area contributed by atoms with Crippen LogP contribution in [-0.2, 0) is 6.18 Å². The molecular formula is C13H15ClF3NOS. The van der Waals surface area contributed by atoms with Crippen LogP contribution >= 0.6 is 23.4 Å². The maximum atomic E-state index is 12.5. The molecule has 0 saturated carbocycles. The topological polar surface area (TPSA) is 33.1 Å². The molecule has 0 aromatic carbocycles. The molecule has 1 aliphatic heterocycles. The van der Waals surface area contributed by atoms with Crippen LogP contribution in [0.4, 0.5) is 13.2 Å². The summed E-state index contributed by atoms with van der Waals surface area (Å²) in [5.41, 5.74) is -0.759. The molecule has 0 spiro atoms. The van der Waals surface area contributed by atoms with E-state index < -0.39 is 18.0 Å². The van der Waals surface area contributed by atoms with E-state index in [-0.39, 0.29) is 10.7 Å². The van der Waals surface area contributed by atoms with Crippen molar-refractivity contribution in [3.8, 4) is 0 Å². The van der Waals surface area contributed by atoms with E-state index in [9.17, 15) is 18.3 Å². The summed E-state index contributed by atoms with van der Waals surface area (Å²) in [6, 6.07) is 2.08. The molecule has 1 fully saturated rings. The summed E-state index contributed by atoms with van der Waals surface area (Å²) >= 11 is 7.66. The standard InChI is InChI=1S/C13H15ClF3NOS/c14-12-9(1-2-11(18-12)13(15,16)17)10(19)7-8-3-5-20-6-4-8/h1-2,8,10,19H,3-7H2. The Morgan fingerprint density at radius 3 is 2.55 bits per heavy atom. The fourth-order valence-corrected chi connectivity index (χ4v) is 3.76. The predicted octanol–water partition coefficient (Wildman–Crippen LogP) is 4.32. The molecule has 2 heterocycles. The van der Waals surface area contributed by atoms with Crippen molar-refractivity contribution in [2.24, 2.45) is 5.92 Å². The van der Waals surface area contributed by atoms with Crippen LogP contribution in [0.1, 0.15) is 36.6 Å². The molecular weight excluding hydrogens is 311 g/mol. The fraction of sp³-hybridized carbons (Fsp3) is 0.615. The van der Waals surface area contributed by atoms with Crippen molar-refractivity contribution in [2.45, 2.75) is 31.5 Å². The second-order valence-corrected chi connectivity index (χ2v) is 6.46. The van der Waals surface area contributed by atoms with Gasteiger partial charge in [-0.3, -0.25) is 0 Å². The number of pyridine rings is 1. The number of rotatable bonds is 3. The van der Waals surface area contributed by atoms with Crippen LogP contribution in [-0.4, -0.2) is 21.6 Å².